The molecule has 0 aromatic carbocycles. The van der Waals surface area contributed by atoms with Crippen molar-refractivity contribution in [2.45, 2.75) is 19.8 Å². The Bertz CT molecular complexity index is 555. The van der Waals surface area contributed by atoms with Gasteiger partial charge in [0.25, 0.3) is 0 Å². The van der Waals surface area contributed by atoms with Gasteiger partial charge in [-0.2, -0.15) is 0 Å². The monoisotopic (exact) mass is 380 g/mol. The first-order chi connectivity index (χ1) is 7.99. The predicted octanol–water partition coefficient (Wildman–Crippen LogP) is 3.56. The van der Waals surface area contributed by atoms with Gasteiger partial charge in [-0.3, -0.25) is 0 Å². The fourth-order valence-electron chi connectivity index (χ4n) is 1.32. The summed E-state index contributed by atoms with van der Waals surface area (Å²) in [5.41, 5.74) is 6.83. The molecule has 90 valence electrons. The van der Waals surface area contributed by atoms with Gasteiger partial charge in [-0.1, -0.05) is 36.8 Å². The summed E-state index contributed by atoms with van der Waals surface area (Å²) >= 11 is 9.37. The highest BCUT2D eigenvalue weighted by Gasteiger charge is 2.15. The molecular weight excluding hydrogens is 371 g/mol. The lowest BCUT2D eigenvalue weighted by atomic mass is 10.1. The summed E-state index contributed by atoms with van der Waals surface area (Å²) in [6, 6.07) is 0. The molecule has 0 saturated carbocycles. The molecule has 4 nitrogen and oxygen atoms in total. The molecule has 2 heterocycles. The number of nitrogens with zero attached hydrogens (tertiary/aromatic N) is 3. The Morgan fingerprint density at radius 3 is 2.65 bits per heavy atom. The normalized spacial score (nSPS) is 11.1. The summed E-state index contributed by atoms with van der Waals surface area (Å²) in [4.78, 5) is 12.9. The second kappa shape index (κ2) is 5.03. The standard InChI is InChI=1S/C10H10ClIN4S/c1-4(2)7-6(12)8(13)16-9(15-7)10-14-3-5(11)17-10/h3-4H,1-2H3,(H2,13,15,16). The SMILES string of the molecule is CC(C)c1nc(-c2ncc(Cl)s2)nc(N)c1I. The lowest BCUT2D eigenvalue weighted by Crippen LogP contribution is -2.06. The van der Waals surface area contributed by atoms with Crippen molar-refractivity contribution < 1.29 is 0 Å². The largest absolute Gasteiger partial charge is 0.383 e. The van der Waals surface area contributed by atoms with Crippen molar-refractivity contribution in [2.24, 2.45) is 0 Å². The van der Waals surface area contributed by atoms with Crippen molar-refractivity contribution in [3.63, 3.8) is 0 Å². The summed E-state index contributed by atoms with van der Waals surface area (Å²) in [5, 5.41) is 0.694. The first-order valence-electron chi connectivity index (χ1n) is 4.93. The third kappa shape index (κ3) is 2.69. The van der Waals surface area contributed by atoms with Crippen molar-refractivity contribution in [3.05, 3.63) is 19.8 Å². The van der Waals surface area contributed by atoms with Crippen LogP contribution in [0.4, 0.5) is 5.82 Å². The molecule has 0 aliphatic carbocycles. The minimum absolute atomic E-state index is 0.293. The zero-order chi connectivity index (χ0) is 12.6. The van der Waals surface area contributed by atoms with Gasteiger partial charge in [-0.15, -0.1) is 0 Å². The first-order valence-corrected chi connectivity index (χ1v) is 7.21. The highest BCUT2D eigenvalue weighted by molar-refractivity contribution is 14.1. The third-order valence-electron chi connectivity index (χ3n) is 2.12. The summed E-state index contributed by atoms with van der Waals surface area (Å²) in [6.45, 7) is 4.14. The molecule has 2 aromatic heterocycles. The highest BCUT2D eigenvalue weighted by atomic mass is 127. The summed E-state index contributed by atoms with van der Waals surface area (Å²) in [7, 11) is 0. The molecule has 2 aromatic rings. The van der Waals surface area contributed by atoms with E-state index in [0.29, 0.717) is 26.9 Å². The third-order valence-corrected chi connectivity index (χ3v) is 4.33. The maximum Gasteiger partial charge on any atom is 0.191 e. The van der Waals surface area contributed by atoms with Gasteiger partial charge in [0, 0.05) is 0 Å². The first kappa shape index (κ1) is 13.0. The Balaban J connectivity index is 2.56. The Labute approximate surface area is 122 Å². The van der Waals surface area contributed by atoms with Crippen molar-refractivity contribution in [3.8, 4) is 10.8 Å². The number of hydrogen-bond donors (Lipinski definition) is 1. The van der Waals surface area contributed by atoms with Crippen LogP contribution < -0.4 is 5.73 Å². The number of nitrogen functional groups attached to an aromatic ring is 1. The number of halogens is 2. The fourth-order valence-corrected chi connectivity index (χ4v) is 3.03. The molecule has 0 saturated heterocycles. The number of nitrogens with two attached hydrogens (primary N) is 1. The van der Waals surface area contributed by atoms with Crippen molar-refractivity contribution in [2.75, 3.05) is 5.73 Å². The average molecular weight is 381 g/mol. The van der Waals surface area contributed by atoms with Crippen LogP contribution in [0.3, 0.4) is 0 Å². The molecule has 7 heteroatoms. The van der Waals surface area contributed by atoms with Gasteiger partial charge in [-0.05, 0) is 28.5 Å². The molecule has 0 unspecified atom stereocenters. The van der Waals surface area contributed by atoms with Crippen LogP contribution in [-0.4, -0.2) is 15.0 Å². The van der Waals surface area contributed by atoms with E-state index in [0.717, 1.165) is 9.26 Å². The Kier molecular flexibility index (Phi) is 3.84. The molecule has 2 N–H and O–H groups in total. The molecule has 0 atom stereocenters. The summed E-state index contributed by atoms with van der Waals surface area (Å²) in [6.07, 6.45) is 1.59. The van der Waals surface area contributed by atoms with E-state index < -0.39 is 0 Å². The Morgan fingerprint density at radius 1 is 1.41 bits per heavy atom. The van der Waals surface area contributed by atoms with Gasteiger partial charge in [0.1, 0.15) is 10.2 Å². The average Bonchev–Trinajstić information content (AvgIpc) is 2.68. The minimum Gasteiger partial charge on any atom is -0.383 e. The van der Waals surface area contributed by atoms with Crippen LogP contribution in [0.15, 0.2) is 6.20 Å². The van der Waals surface area contributed by atoms with E-state index in [1.807, 2.05) is 0 Å². The van der Waals surface area contributed by atoms with E-state index in [1.54, 1.807) is 6.20 Å². The molecular formula is C10H10ClIN4S. The van der Waals surface area contributed by atoms with E-state index in [4.69, 9.17) is 17.3 Å². The van der Waals surface area contributed by atoms with E-state index in [1.165, 1.54) is 11.3 Å². The second-order valence-electron chi connectivity index (χ2n) is 3.76. The quantitative estimate of drug-likeness (QED) is 0.809. The number of aromatic nitrogens is 3. The summed E-state index contributed by atoms with van der Waals surface area (Å²) in [5.74, 6) is 1.33. The van der Waals surface area contributed by atoms with Gasteiger partial charge in [0.2, 0.25) is 0 Å². The van der Waals surface area contributed by atoms with Crippen LogP contribution in [-0.2, 0) is 0 Å². The molecule has 0 aliphatic heterocycles. The maximum absolute atomic E-state index is 5.89. The molecule has 0 amide bonds. The van der Waals surface area contributed by atoms with E-state index in [-0.39, 0.29) is 0 Å². The van der Waals surface area contributed by atoms with E-state index >= 15 is 0 Å². The molecule has 0 spiro atoms. The molecule has 17 heavy (non-hydrogen) atoms. The van der Waals surface area contributed by atoms with Crippen LogP contribution in [0, 0.1) is 3.57 Å². The van der Waals surface area contributed by atoms with Crippen molar-refractivity contribution >= 4 is 51.3 Å². The zero-order valence-corrected chi connectivity index (χ0v) is 13.0. The molecule has 0 fully saturated rings. The number of hydrogen-bond acceptors (Lipinski definition) is 5. The van der Waals surface area contributed by atoms with E-state index in [9.17, 15) is 0 Å². The zero-order valence-electron chi connectivity index (χ0n) is 9.24. The Morgan fingerprint density at radius 2 is 2.12 bits per heavy atom. The highest BCUT2D eigenvalue weighted by Crippen LogP contribution is 2.30. The molecule has 0 radical (unpaired) electrons. The Hall–Kier alpha value is -0.470. The van der Waals surface area contributed by atoms with Gasteiger partial charge >= 0.3 is 0 Å². The minimum atomic E-state index is 0.293. The lowest BCUT2D eigenvalue weighted by Gasteiger charge is -2.10. The molecule has 0 aliphatic rings. The topological polar surface area (TPSA) is 64.7 Å². The number of anilines is 1. The summed E-state index contributed by atoms with van der Waals surface area (Å²) < 4.78 is 1.52. The van der Waals surface area contributed by atoms with Crippen LogP contribution in [0.5, 0.6) is 0 Å². The van der Waals surface area contributed by atoms with Crippen LogP contribution >= 0.6 is 45.5 Å². The molecule has 2 rings (SSSR count). The predicted molar refractivity (Wildman–Crippen MR) is 79.4 cm³/mol. The van der Waals surface area contributed by atoms with Gasteiger partial charge in [0.15, 0.2) is 10.8 Å². The van der Waals surface area contributed by atoms with Gasteiger partial charge in [-0.25, -0.2) is 15.0 Å². The fraction of sp³-hybridized carbons (Fsp3) is 0.300. The van der Waals surface area contributed by atoms with Crippen LogP contribution in [0.25, 0.3) is 10.8 Å². The lowest BCUT2D eigenvalue weighted by molar-refractivity contribution is 0.810. The maximum atomic E-state index is 5.89. The smallest absolute Gasteiger partial charge is 0.191 e. The van der Waals surface area contributed by atoms with Gasteiger partial charge < -0.3 is 5.73 Å². The number of rotatable bonds is 2. The van der Waals surface area contributed by atoms with Crippen molar-refractivity contribution in [1.82, 2.24) is 15.0 Å². The second-order valence-corrected chi connectivity index (χ2v) is 6.50. The van der Waals surface area contributed by atoms with Crippen LogP contribution in [0.1, 0.15) is 25.5 Å². The number of thiazole rings is 1. The van der Waals surface area contributed by atoms with Crippen molar-refractivity contribution in [1.29, 1.82) is 0 Å². The van der Waals surface area contributed by atoms with Crippen LogP contribution in [0.2, 0.25) is 4.34 Å². The molecule has 0 bridgehead atoms. The van der Waals surface area contributed by atoms with Gasteiger partial charge in [0.05, 0.1) is 15.5 Å². The van der Waals surface area contributed by atoms with E-state index in [2.05, 4.69) is 51.4 Å².